The highest BCUT2D eigenvalue weighted by atomic mass is 16.1. The lowest BCUT2D eigenvalue weighted by Gasteiger charge is -2.22. The summed E-state index contributed by atoms with van der Waals surface area (Å²) in [6, 6.07) is 1.62. The van der Waals surface area contributed by atoms with Crippen LogP contribution in [0.5, 0.6) is 0 Å². The Labute approximate surface area is 128 Å². The van der Waals surface area contributed by atoms with Crippen LogP contribution in [0.15, 0.2) is 22.5 Å². The third-order valence-electron chi connectivity index (χ3n) is 4.89. The van der Waals surface area contributed by atoms with Crippen molar-refractivity contribution in [2.75, 3.05) is 13.1 Å². The molecule has 0 radical (unpaired) electrons. The summed E-state index contributed by atoms with van der Waals surface area (Å²) < 4.78 is 1.40. The summed E-state index contributed by atoms with van der Waals surface area (Å²) >= 11 is 0. The first kappa shape index (κ1) is 13.7. The Balaban J connectivity index is 1.54. The molecule has 0 spiro atoms. The normalized spacial score (nSPS) is 25.5. The molecule has 22 heavy (non-hydrogen) atoms. The molecule has 3 heterocycles. The molecule has 0 saturated carbocycles. The van der Waals surface area contributed by atoms with Gasteiger partial charge in [0.25, 0.3) is 11.3 Å². The van der Waals surface area contributed by atoms with Gasteiger partial charge in [-0.2, -0.15) is 9.50 Å². The summed E-state index contributed by atoms with van der Waals surface area (Å²) in [6.07, 6.45) is 4.80. The number of allylic oxidation sites excluding steroid dienone is 2. The first-order valence-corrected chi connectivity index (χ1v) is 7.92. The largest absolute Gasteiger partial charge is 0.297 e. The van der Waals surface area contributed by atoms with Crippen molar-refractivity contribution in [2.45, 2.75) is 33.2 Å². The van der Waals surface area contributed by atoms with E-state index in [1.54, 1.807) is 6.07 Å². The number of nitrogens with zero attached hydrogens (tertiary/aromatic N) is 4. The number of fused-ring (bicyclic) bond motifs is 2. The molecule has 2 atom stereocenters. The van der Waals surface area contributed by atoms with Gasteiger partial charge in [0.1, 0.15) is 5.82 Å². The topological polar surface area (TPSA) is 66.3 Å². The fraction of sp³-hybridized carbons (Fsp3) is 0.562. The van der Waals surface area contributed by atoms with Crippen molar-refractivity contribution in [3.63, 3.8) is 0 Å². The molecule has 2 aliphatic rings. The lowest BCUT2D eigenvalue weighted by molar-refractivity contribution is 0.310. The van der Waals surface area contributed by atoms with E-state index in [-0.39, 0.29) is 5.56 Å². The van der Waals surface area contributed by atoms with Crippen molar-refractivity contribution in [1.29, 1.82) is 0 Å². The van der Waals surface area contributed by atoms with Gasteiger partial charge in [0, 0.05) is 25.7 Å². The number of H-pyrrole nitrogens is 1. The van der Waals surface area contributed by atoms with Crippen LogP contribution in [0.4, 0.5) is 0 Å². The van der Waals surface area contributed by atoms with Crippen LogP contribution in [-0.4, -0.2) is 37.6 Å². The highest BCUT2D eigenvalue weighted by Crippen LogP contribution is 2.35. The second-order valence-electron chi connectivity index (χ2n) is 6.73. The lowest BCUT2D eigenvalue weighted by Crippen LogP contribution is -2.24. The van der Waals surface area contributed by atoms with Crippen molar-refractivity contribution in [3.8, 4) is 0 Å². The van der Waals surface area contributed by atoms with Crippen LogP contribution in [0, 0.1) is 18.8 Å². The first-order chi connectivity index (χ1) is 10.6. The molecule has 1 N–H and O–H groups in total. The van der Waals surface area contributed by atoms with Gasteiger partial charge in [-0.05, 0) is 38.5 Å². The minimum atomic E-state index is -0.0882. The molecule has 2 aromatic heterocycles. The smallest absolute Gasteiger partial charge is 0.274 e. The van der Waals surface area contributed by atoms with E-state index < -0.39 is 0 Å². The van der Waals surface area contributed by atoms with Gasteiger partial charge in [-0.3, -0.25) is 14.8 Å². The zero-order valence-electron chi connectivity index (χ0n) is 13.0. The average Bonchev–Trinajstić information content (AvgIpc) is 3.00. The summed E-state index contributed by atoms with van der Waals surface area (Å²) in [7, 11) is 0. The van der Waals surface area contributed by atoms with Crippen molar-refractivity contribution < 1.29 is 0 Å². The van der Waals surface area contributed by atoms with Gasteiger partial charge in [-0.15, -0.1) is 0 Å². The Hall–Kier alpha value is -1.95. The van der Waals surface area contributed by atoms with Gasteiger partial charge in [-0.1, -0.05) is 11.6 Å². The second-order valence-corrected chi connectivity index (χ2v) is 6.73. The quantitative estimate of drug-likeness (QED) is 0.854. The Morgan fingerprint density at radius 1 is 1.27 bits per heavy atom. The molecule has 4 rings (SSSR count). The van der Waals surface area contributed by atoms with Crippen LogP contribution in [0.1, 0.15) is 31.3 Å². The molecule has 0 unspecified atom stereocenters. The highest BCUT2D eigenvalue weighted by Gasteiger charge is 2.34. The zero-order chi connectivity index (χ0) is 15.3. The number of likely N-dealkylation sites (tertiary alicyclic amines) is 1. The fourth-order valence-corrected chi connectivity index (χ4v) is 3.86. The number of aromatic nitrogens is 4. The molecule has 116 valence electrons. The molecule has 0 amide bonds. The second kappa shape index (κ2) is 5.05. The van der Waals surface area contributed by atoms with Crippen molar-refractivity contribution in [2.24, 2.45) is 11.8 Å². The molecular weight excluding hydrogens is 278 g/mol. The maximum absolute atomic E-state index is 12.1. The van der Waals surface area contributed by atoms with Crippen LogP contribution in [0.2, 0.25) is 0 Å². The molecule has 1 saturated heterocycles. The number of aryl methyl sites for hydroxylation is 1. The van der Waals surface area contributed by atoms with Gasteiger partial charge in [-0.25, -0.2) is 4.98 Å². The number of aromatic amines is 1. The van der Waals surface area contributed by atoms with Crippen LogP contribution >= 0.6 is 0 Å². The Bertz CT molecular complexity index is 802. The maximum atomic E-state index is 12.1. The van der Waals surface area contributed by atoms with E-state index in [0.717, 1.165) is 37.2 Å². The minimum Gasteiger partial charge on any atom is -0.297 e. The predicted octanol–water partition coefficient (Wildman–Crippen LogP) is 1.51. The van der Waals surface area contributed by atoms with E-state index in [2.05, 4.69) is 33.0 Å². The zero-order valence-corrected chi connectivity index (χ0v) is 13.0. The molecule has 0 bridgehead atoms. The van der Waals surface area contributed by atoms with Crippen LogP contribution in [0.3, 0.4) is 0 Å². The summed E-state index contributed by atoms with van der Waals surface area (Å²) in [4.78, 5) is 23.3. The van der Waals surface area contributed by atoms with Crippen LogP contribution in [0.25, 0.3) is 5.78 Å². The molecule has 6 heteroatoms. The summed E-state index contributed by atoms with van der Waals surface area (Å²) in [5.74, 6) is 2.70. The van der Waals surface area contributed by atoms with E-state index in [0.29, 0.717) is 11.6 Å². The predicted molar refractivity (Wildman–Crippen MR) is 83.6 cm³/mol. The third kappa shape index (κ3) is 2.37. The van der Waals surface area contributed by atoms with Crippen molar-refractivity contribution in [1.82, 2.24) is 24.5 Å². The average molecular weight is 299 g/mol. The fourth-order valence-electron chi connectivity index (χ4n) is 3.86. The van der Waals surface area contributed by atoms with E-state index >= 15 is 0 Å². The molecule has 0 aromatic carbocycles. The number of nitrogens with one attached hydrogen (secondary N) is 1. The summed E-state index contributed by atoms with van der Waals surface area (Å²) in [6.45, 7) is 7.01. The highest BCUT2D eigenvalue weighted by molar-refractivity contribution is 5.27. The maximum Gasteiger partial charge on any atom is 0.274 e. The Kier molecular flexibility index (Phi) is 3.14. The lowest BCUT2D eigenvalue weighted by atomic mass is 9.83. The third-order valence-corrected chi connectivity index (χ3v) is 4.89. The summed E-state index contributed by atoms with van der Waals surface area (Å²) in [5, 5.41) is 2.90. The van der Waals surface area contributed by atoms with Crippen LogP contribution in [-0.2, 0) is 6.54 Å². The van der Waals surface area contributed by atoms with Crippen molar-refractivity contribution in [3.05, 3.63) is 39.6 Å². The first-order valence-electron chi connectivity index (χ1n) is 7.92. The monoisotopic (exact) mass is 299 g/mol. The molecule has 1 fully saturated rings. The molecule has 1 aliphatic heterocycles. The molecular formula is C16H21N5O. The van der Waals surface area contributed by atoms with Gasteiger partial charge in [0.05, 0.1) is 5.69 Å². The van der Waals surface area contributed by atoms with E-state index in [4.69, 9.17) is 0 Å². The van der Waals surface area contributed by atoms with E-state index in [1.807, 2.05) is 6.92 Å². The SMILES string of the molecule is CC1=CC[C@@H]2CN(Cc3cc(=O)n4[nH]c(C)nc4n3)C[C@@H]2C1. The van der Waals surface area contributed by atoms with E-state index in [9.17, 15) is 4.79 Å². The van der Waals surface area contributed by atoms with Gasteiger partial charge >= 0.3 is 0 Å². The van der Waals surface area contributed by atoms with Crippen LogP contribution < -0.4 is 5.56 Å². The minimum absolute atomic E-state index is 0.0882. The van der Waals surface area contributed by atoms with E-state index in [1.165, 1.54) is 22.9 Å². The van der Waals surface area contributed by atoms with Crippen molar-refractivity contribution >= 4 is 5.78 Å². The number of hydrogen-bond donors (Lipinski definition) is 1. The Morgan fingerprint density at radius 3 is 2.95 bits per heavy atom. The number of hydrogen-bond acceptors (Lipinski definition) is 4. The standard InChI is InChI=1S/C16H21N5O/c1-10-3-4-12-7-20(8-13(12)5-10)9-14-6-15(22)21-16(18-14)17-11(2)19-21/h3,6,12-13H,4-5,7-9H2,1-2H3,(H,17,18,19)/t12-,13+/m1/s1. The summed E-state index contributed by atoms with van der Waals surface area (Å²) in [5.41, 5.74) is 2.25. The van der Waals surface area contributed by atoms with Gasteiger partial charge in [0.2, 0.25) is 0 Å². The molecule has 2 aromatic rings. The number of rotatable bonds is 2. The Morgan fingerprint density at radius 2 is 2.09 bits per heavy atom. The van der Waals surface area contributed by atoms with Gasteiger partial charge in [0.15, 0.2) is 0 Å². The molecule has 1 aliphatic carbocycles. The van der Waals surface area contributed by atoms with Gasteiger partial charge < -0.3 is 0 Å². The molecule has 6 nitrogen and oxygen atoms in total.